The van der Waals surface area contributed by atoms with Gasteiger partial charge in [-0.3, -0.25) is 0 Å². The molecule has 0 aliphatic carbocycles. The molecule has 0 aliphatic rings. The molecule has 1 rings (SSSR count). The van der Waals surface area contributed by atoms with Crippen LogP contribution in [0.15, 0.2) is 36.4 Å². The number of aromatic carboxylic acids is 1. The van der Waals surface area contributed by atoms with Crippen LogP contribution in [-0.2, 0) is 0 Å². The van der Waals surface area contributed by atoms with Crippen LogP contribution in [0.4, 0.5) is 0 Å². The van der Waals surface area contributed by atoms with E-state index in [9.17, 15) is 4.79 Å². The minimum Gasteiger partial charge on any atom is -0.508 e. The van der Waals surface area contributed by atoms with Crippen LogP contribution in [0.5, 0.6) is 5.75 Å². The van der Waals surface area contributed by atoms with Crippen molar-refractivity contribution in [2.45, 2.75) is 33.6 Å². The molecule has 3 N–H and O–H groups in total. The summed E-state index contributed by atoms with van der Waals surface area (Å²) in [7, 11) is 0. The molecule has 0 unspecified atom stereocenters. The summed E-state index contributed by atoms with van der Waals surface area (Å²) in [5.41, 5.74) is 1.35. The summed E-state index contributed by atoms with van der Waals surface area (Å²) < 4.78 is 0. The lowest BCUT2D eigenvalue weighted by Crippen LogP contribution is -1.93. The van der Waals surface area contributed by atoms with Crippen LogP contribution >= 0.6 is 0 Å². The van der Waals surface area contributed by atoms with Gasteiger partial charge in [-0.05, 0) is 44.5 Å². The van der Waals surface area contributed by atoms with E-state index in [0.717, 1.165) is 12.8 Å². The molecule has 108 valence electrons. The zero-order chi connectivity index (χ0) is 15.3. The lowest BCUT2D eigenvalue weighted by Gasteiger charge is -1.92. The molecule has 19 heavy (non-hydrogen) atoms. The van der Waals surface area contributed by atoms with Gasteiger partial charge >= 0.3 is 5.97 Å². The maximum atomic E-state index is 10.2. The molecule has 0 fully saturated rings. The molecule has 0 heterocycles. The van der Waals surface area contributed by atoms with Crippen molar-refractivity contribution in [2.75, 3.05) is 6.61 Å². The van der Waals surface area contributed by atoms with Crippen molar-refractivity contribution in [3.8, 4) is 5.75 Å². The first-order valence-electron chi connectivity index (χ1n) is 6.10. The molecule has 0 radical (unpaired) electrons. The summed E-state index contributed by atoms with van der Waals surface area (Å²) in [4.78, 5) is 10.2. The number of phenols is 1. The predicted molar refractivity (Wildman–Crippen MR) is 77.5 cm³/mol. The van der Waals surface area contributed by atoms with Gasteiger partial charge in [0.2, 0.25) is 0 Å². The molecule has 1 aromatic carbocycles. The van der Waals surface area contributed by atoms with Gasteiger partial charge in [0.1, 0.15) is 5.75 Å². The van der Waals surface area contributed by atoms with Crippen LogP contribution in [0.2, 0.25) is 0 Å². The second-order valence-electron chi connectivity index (χ2n) is 4.14. The fourth-order valence-corrected chi connectivity index (χ4v) is 0.762. The molecule has 0 aliphatic heterocycles. The lowest BCUT2D eigenvalue weighted by atomic mass is 10.2. The number of aliphatic hydroxyl groups excluding tert-OH is 1. The Morgan fingerprint density at radius 3 is 1.84 bits per heavy atom. The first kappa shape index (κ1) is 19.5. The number of aliphatic hydroxyl groups is 1. The second kappa shape index (κ2) is 12.6. The third kappa shape index (κ3) is 16.2. The molecule has 4 heteroatoms. The van der Waals surface area contributed by atoms with Crippen LogP contribution < -0.4 is 0 Å². The van der Waals surface area contributed by atoms with Gasteiger partial charge in [0.25, 0.3) is 0 Å². The largest absolute Gasteiger partial charge is 0.508 e. The Labute approximate surface area is 115 Å². The van der Waals surface area contributed by atoms with Crippen molar-refractivity contribution in [1.82, 2.24) is 0 Å². The van der Waals surface area contributed by atoms with E-state index < -0.39 is 5.97 Å². The molecule has 0 bridgehead atoms. The van der Waals surface area contributed by atoms with Gasteiger partial charge in [0, 0.05) is 6.61 Å². The Balaban J connectivity index is 0. The second-order valence-corrected chi connectivity index (χ2v) is 4.14. The molecule has 4 nitrogen and oxygen atoms in total. The number of hydrogen-bond acceptors (Lipinski definition) is 3. The van der Waals surface area contributed by atoms with Gasteiger partial charge < -0.3 is 15.3 Å². The van der Waals surface area contributed by atoms with Crippen molar-refractivity contribution in [1.29, 1.82) is 0 Å². The maximum absolute atomic E-state index is 10.2. The number of carboxylic acids is 1. The topological polar surface area (TPSA) is 77.8 Å². The number of carboxylic acid groups (broad SMARTS) is 1. The molecule has 0 atom stereocenters. The van der Waals surface area contributed by atoms with Gasteiger partial charge in [0.15, 0.2) is 0 Å². The number of aromatic hydroxyl groups is 1. The summed E-state index contributed by atoms with van der Waals surface area (Å²) in [6, 6.07) is 5.36. The summed E-state index contributed by atoms with van der Waals surface area (Å²) in [5.74, 6) is -0.912. The molecule has 0 spiro atoms. The minimum atomic E-state index is -0.986. The van der Waals surface area contributed by atoms with E-state index >= 15 is 0 Å². The highest BCUT2D eigenvalue weighted by Gasteiger charge is 1.99. The molecular formula is C15H24O4. The smallest absolute Gasteiger partial charge is 0.335 e. The first-order chi connectivity index (χ1) is 8.84. The van der Waals surface area contributed by atoms with Crippen molar-refractivity contribution >= 4 is 5.97 Å². The molecule has 0 aromatic heterocycles. The van der Waals surface area contributed by atoms with Gasteiger partial charge in [-0.2, -0.15) is 0 Å². The van der Waals surface area contributed by atoms with Crippen molar-refractivity contribution < 1.29 is 20.1 Å². The van der Waals surface area contributed by atoms with Crippen LogP contribution in [0.25, 0.3) is 0 Å². The number of benzene rings is 1. The summed E-state index contributed by atoms with van der Waals surface area (Å²) in [6.07, 6.45) is 2.04. The fourth-order valence-electron chi connectivity index (χ4n) is 0.762. The number of phenolic OH excluding ortho intramolecular Hbond substituents is 1. The van der Waals surface area contributed by atoms with Gasteiger partial charge in [-0.1, -0.05) is 18.9 Å². The van der Waals surface area contributed by atoms with Crippen LogP contribution in [0, 0.1) is 0 Å². The number of carbonyl (C=O) groups is 1. The van der Waals surface area contributed by atoms with E-state index in [0.29, 0.717) is 6.61 Å². The number of allylic oxidation sites excluding steroid dienone is 1. The Morgan fingerprint density at radius 2 is 1.63 bits per heavy atom. The highest BCUT2D eigenvalue weighted by atomic mass is 16.4. The standard InChI is InChI=1S/C7H6O3.C4H10O.C4H8/c8-6-3-1-5(2-4-6)7(9)10;1-2-3-4-5;1-4(2)3/h1-4,8H,(H,9,10);5H,2-4H2,1H3;1H2,2-3H3. The van der Waals surface area contributed by atoms with E-state index in [1.807, 2.05) is 13.8 Å². The van der Waals surface area contributed by atoms with E-state index in [1.165, 1.54) is 29.8 Å². The first-order valence-corrected chi connectivity index (χ1v) is 6.10. The molecule has 0 saturated heterocycles. The highest BCUT2D eigenvalue weighted by Crippen LogP contribution is 2.08. The molecule has 0 saturated carbocycles. The van der Waals surface area contributed by atoms with Gasteiger partial charge in [-0.15, -0.1) is 6.58 Å². The maximum Gasteiger partial charge on any atom is 0.335 e. The van der Waals surface area contributed by atoms with Crippen molar-refractivity contribution in [3.63, 3.8) is 0 Å². The van der Waals surface area contributed by atoms with E-state index in [4.69, 9.17) is 15.3 Å². The van der Waals surface area contributed by atoms with E-state index in [2.05, 4.69) is 13.5 Å². The summed E-state index contributed by atoms with van der Waals surface area (Å²) in [6.45, 7) is 9.90. The fraction of sp³-hybridized carbons (Fsp3) is 0.400. The van der Waals surface area contributed by atoms with Crippen LogP contribution in [-0.4, -0.2) is 27.9 Å². The summed E-state index contributed by atoms with van der Waals surface area (Å²) in [5, 5.41) is 25.2. The highest BCUT2D eigenvalue weighted by molar-refractivity contribution is 5.87. The molecule has 0 amide bonds. The van der Waals surface area contributed by atoms with E-state index in [1.54, 1.807) is 0 Å². The Morgan fingerprint density at radius 1 is 1.21 bits per heavy atom. The monoisotopic (exact) mass is 268 g/mol. The molecular weight excluding hydrogens is 244 g/mol. The van der Waals surface area contributed by atoms with Crippen molar-refractivity contribution in [2.24, 2.45) is 0 Å². The van der Waals surface area contributed by atoms with Gasteiger partial charge in [-0.25, -0.2) is 4.79 Å². The Bertz CT molecular complexity index is 349. The zero-order valence-electron chi connectivity index (χ0n) is 11.9. The lowest BCUT2D eigenvalue weighted by molar-refractivity contribution is 0.0697. The van der Waals surface area contributed by atoms with Crippen LogP contribution in [0.1, 0.15) is 44.0 Å². The summed E-state index contributed by atoms with van der Waals surface area (Å²) >= 11 is 0. The number of hydrogen-bond donors (Lipinski definition) is 3. The third-order valence-electron chi connectivity index (χ3n) is 1.63. The minimum absolute atomic E-state index is 0.0741. The predicted octanol–water partition coefficient (Wildman–Crippen LogP) is 3.45. The van der Waals surface area contributed by atoms with Crippen LogP contribution in [0.3, 0.4) is 0 Å². The number of unbranched alkanes of at least 4 members (excludes halogenated alkanes) is 1. The van der Waals surface area contributed by atoms with E-state index in [-0.39, 0.29) is 11.3 Å². The van der Waals surface area contributed by atoms with Gasteiger partial charge in [0.05, 0.1) is 5.56 Å². The quantitative estimate of drug-likeness (QED) is 0.734. The zero-order valence-corrected chi connectivity index (χ0v) is 11.9. The van der Waals surface area contributed by atoms with Crippen molar-refractivity contribution in [3.05, 3.63) is 42.0 Å². The Kier molecular flexibility index (Phi) is 13.0. The SMILES string of the molecule is C=C(C)C.CCCCO.O=C(O)c1ccc(O)cc1. The molecule has 1 aromatic rings. The third-order valence-corrected chi connectivity index (χ3v) is 1.63. The Hall–Kier alpha value is -1.81. The number of rotatable bonds is 3. The normalized spacial score (nSPS) is 8.42. The average molecular weight is 268 g/mol. The average Bonchev–Trinajstić information content (AvgIpc) is 2.30.